The van der Waals surface area contributed by atoms with Gasteiger partial charge in [0.1, 0.15) is 9.88 Å². The Morgan fingerprint density at radius 3 is 2.53 bits per heavy atom. The van der Waals surface area contributed by atoms with Crippen LogP contribution in [0.15, 0.2) is 79.3 Å². The number of anilines is 1. The minimum atomic E-state index is -0.156. The largest absolute Gasteiger partial charge is 0.321 e. The van der Waals surface area contributed by atoms with Gasteiger partial charge < -0.3 is 5.32 Å². The first-order valence-corrected chi connectivity index (χ1v) is 10.2. The maximum Gasteiger partial charge on any atom is 0.267 e. The Balaban J connectivity index is 1.35. The number of hydrogen-bond donors (Lipinski definition) is 1. The fourth-order valence-corrected chi connectivity index (χ4v) is 4.16. The summed E-state index contributed by atoms with van der Waals surface area (Å²) in [5, 5.41) is 3.80. The van der Waals surface area contributed by atoms with E-state index in [-0.39, 0.29) is 5.91 Å². The fraction of sp³-hybridized carbons (Fsp3) is 0.0435. The van der Waals surface area contributed by atoms with Crippen molar-refractivity contribution in [3.63, 3.8) is 0 Å². The van der Waals surface area contributed by atoms with Crippen LogP contribution in [0.4, 0.5) is 5.69 Å². The molecule has 1 amide bonds. The third kappa shape index (κ3) is 3.46. The van der Waals surface area contributed by atoms with Crippen molar-refractivity contribution in [3.8, 4) is 21.8 Å². The highest BCUT2D eigenvalue weighted by Gasteiger charge is 2.16. The monoisotopic (exact) mass is 411 g/mol. The van der Waals surface area contributed by atoms with Crippen molar-refractivity contribution in [3.05, 3.63) is 89.8 Å². The normalized spacial score (nSPS) is 11.0. The Morgan fingerprint density at radius 2 is 1.77 bits per heavy atom. The topological polar surface area (TPSA) is 72.2 Å². The number of aromatic nitrogens is 4. The van der Waals surface area contributed by atoms with Gasteiger partial charge in [0.15, 0.2) is 0 Å². The predicted octanol–water partition coefficient (Wildman–Crippen LogP) is 5.08. The van der Waals surface area contributed by atoms with E-state index in [0.717, 1.165) is 33.2 Å². The molecule has 0 aliphatic heterocycles. The summed E-state index contributed by atoms with van der Waals surface area (Å²) in [5.41, 5.74) is 4.25. The van der Waals surface area contributed by atoms with Gasteiger partial charge in [0.25, 0.3) is 5.91 Å². The SMILES string of the molecule is Cc1nc(-c2ccccc2)sc1C(=O)Nc1ccc(-c2cn3cccnc3n2)cc1. The lowest BCUT2D eigenvalue weighted by Crippen LogP contribution is -2.11. The van der Waals surface area contributed by atoms with Gasteiger partial charge in [0.05, 0.1) is 11.4 Å². The minimum Gasteiger partial charge on any atom is -0.321 e. The van der Waals surface area contributed by atoms with Crippen molar-refractivity contribution in [1.82, 2.24) is 19.4 Å². The van der Waals surface area contributed by atoms with E-state index in [4.69, 9.17) is 0 Å². The van der Waals surface area contributed by atoms with Crippen molar-refractivity contribution < 1.29 is 4.79 Å². The van der Waals surface area contributed by atoms with Crippen molar-refractivity contribution >= 4 is 28.7 Å². The number of carbonyl (C=O) groups is 1. The zero-order valence-electron chi connectivity index (χ0n) is 16.1. The molecule has 146 valence electrons. The molecule has 0 atom stereocenters. The second-order valence-corrected chi connectivity index (χ2v) is 7.78. The first-order valence-electron chi connectivity index (χ1n) is 9.42. The lowest BCUT2D eigenvalue weighted by molar-refractivity contribution is 0.103. The lowest BCUT2D eigenvalue weighted by atomic mass is 10.1. The van der Waals surface area contributed by atoms with E-state index in [1.807, 2.05) is 84.4 Å². The van der Waals surface area contributed by atoms with Gasteiger partial charge in [0.2, 0.25) is 5.78 Å². The van der Waals surface area contributed by atoms with E-state index in [0.29, 0.717) is 10.7 Å². The lowest BCUT2D eigenvalue weighted by Gasteiger charge is -2.05. The van der Waals surface area contributed by atoms with E-state index in [1.165, 1.54) is 11.3 Å². The van der Waals surface area contributed by atoms with Crippen LogP contribution in [0.1, 0.15) is 15.4 Å². The smallest absolute Gasteiger partial charge is 0.267 e. The van der Waals surface area contributed by atoms with E-state index < -0.39 is 0 Å². The molecule has 0 fully saturated rings. The highest BCUT2D eigenvalue weighted by Crippen LogP contribution is 2.28. The van der Waals surface area contributed by atoms with Crippen molar-refractivity contribution in [2.75, 3.05) is 5.32 Å². The summed E-state index contributed by atoms with van der Waals surface area (Å²) in [6, 6.07) is 19.4. The van der Waals surface area contributed by atoms with Crippen LogP contribution in [-0.2, 0) is 0 Å². The maximum atomic E-state index is 12.8. The van der Waals surface area contributed by atoms with E-state index in [9.17, 15) is 4.79 Å². The number of thiazole rings is 1. The Hall–Kier alpha value is -3.84. The van der Waals surface area contributed by atoms with Crippen LogP contribution in [0.2, 0.25) is 0 Å². The molecule has 0 unspecified atom stereocenters. The van der Waals surface area contributed by atoms with Crippen LogP contribution in [0.3, 0.4) is 0 Å². The zero-order chi connectivity index (χ0) is 20.5. The Kier molecular flexibility index (Phi) is 4.57. The Morgan fingerprint density at radius 1 is 0.967 bits per heavy atom. The standard InChI is InChI=1S/C23H17N5OS/c1-15-20(30-22(25-15)17-6-3-2-4-7-17)21(29)26-18-10-8-16(9-11-18)19-14-28-13-5-12-24-23(28)27-19/h2-14H,1H3,(H,26,29). The molecular formula is C23H17N5OS. The molecule has 7 heteroatoms. The van der Waals surface area contributed by atoms with Crippen molar-refractivity contribution in [2.45, 2.75) is 6.92 Å². The second-order valence-electron chi connectivity index (χ2n) is 6.78. The molecule has 1 N–H and O–H groups in total. The highest BCUT2D eigenvalue weighted by molar-refractivity contribution is 7.17. The van der Waals surface area contributed by atoms with Gasteiger partial charge in [-0.25, -0.2) is 15.0 Å². The van der Waals surface area contributed by atoms with Gasteiger partial charge in [-0.05, 0) is 25.1 Å². The molecule has 3 heterocycles. The second kappa shape index (κ2) is 7.53. The first kappa shape index (κ1) is 18.2. The van der Waals surface area contributed by atoms with E-state index in [1.54, 1.807) is 6.20 Å². The summed E-state index contributed by atoms with van der Waals surface area (Å²) in [4.78, 5) is 26.7. The molecule has 0 saturated carbocycles. The molecule has 0 radical (unpaired) electrons. The van der Waals surface area contributed by atoms with Crippen LogP contribution >= 0.6 is 11.3 Å². The molecule has 0 bridgehead atoms. The Labute approximate surface area is 176 Å². The van der Waals surface area contributed by atoms with Gasteiger partial charge in [-0.1, -0.05) is 42.5 Å². The molecular weight excluding hydrogens is 394 g/mol. The number of fused-ring (bicyclic) bond motifs is 1. The van der Waals surface area contributed by atoms with Crippen molar-refractivity contribution in [2.24, 2.45) is 0 Å². The third-order valence-corrected chi connectivity index (χ3v) is 5.90. The summed E-state index contributed by atoms with van der Waals surface area (Å²) in [6.07, 6.45) is 5.56. The zero-order valence-corrected chi connectivity index (χ0v) is 16.9. The number of rotatable bonds is 4. The van der Waals surface area contributed by atoms with Gasteiger partial charge in [-0.3, -0.25) is 9.20 Å². The van der Waals surface area contributed by atoms with Gasteiger partial charge in [-0.15, -0.1) is 11.3 Å². The predicted molar refractivity (Wildman–Crippen MR) is 119 cm³/mol. The van der Waals surface area contributed by atoms with Crippen LogP contribution in [0, 0.1) is 6.92 Å². The van der Waals surface area contributed by atoms with Crippen LogP contribution in [0.5, 0.6) is 0 Å². The van der Waals surface area contributed by atoms with Crippen LogP contribution < -0.4 is 5.32 Å². The molecule has 3 aromatic heterocycles. The van der Waals surface area contributed by atoms with Gasteiger partial charge in [-0.2, -0.15) is 0 Å². The maximum absolute atomic E-state index is 12.8. The molecule has 0 aliphatic rings. The van der Waals surface area contributed by atoms with Crippen LogP contribution in [-0.4, -0.2) is 25.3 Å². The van der Waals surface area contributed by atoms with E-state index >= 15 is 0 Å². The quantitative estimate of drug-likeness (QED) is 0.448. The third-order valence-electron chi connectivity index (χ3n) is 4.70. The molecule has 6 nitrogen and oxygen atoms in total. The summed E-state index contributed by atoms with van der Waals surface area (Å²) in [7, 11) is 0. The molecule has 0 aliphatic carbocycles. The molecule has 5 aromatic rings. The number of carbonyl (C=O) groups excluding carboxylic acids is 1. The van der Waals surface area contributed by atoms with Gasteiger partial charge >= 0.3 is 0 Å². The Bertz CT molecular complexity index is 1310. The average molecular weight is 411 g/mol. The molecule has 2 aromatic carbocycles. The minimum absolute atomic E-state index is 0.156. The molecule has 5 rings (SSSR count). The average Bonchev–Trinajstić information content (AvgIpc) is 3.38. The first-order chi connectivity index (χ1) is 14.7. The fourth-order valence-electron chi connectivity index (χ4n) is 3.19. The summed E-state index contributed by atoms with van der Waals surface area (Å²) >= 11 is 1.40. The van der Waals surface area contributed by atoms with Crippen LogP contribution in [0.25, 0.3) is 27.6 Å². The molecule has 0 saturated heterocycles. The molecule has 0 spiro atoms. The highest BCUT2D eigenvalue weighted by atomic mass is 32.1. The number of amides is 1. The van der Waals surface area contributed by atoms with Crippen molar-refractivity contribution in [1.29, 1.82) is 0 Å². The number of nitrogens with one attached hydrogen (secondary N) is 1. The number of benzene rings is 2. The van der Waals surface area contributed by atoms with E-state index in [2.05, 4.69) is 20.3 Å². The number of hydrogen-bond acceptors (Lipinski definition) is 5. The van der Waals surface area contributed by atoms with Gasteiger partial charge in [0, 0.05) is 35.4 Å². The number of nitrogens with zero attached hydrogens (tertiary/aromatic N) is 4. The number of aryl methyl sites for hydroxylation is 1. The summed E-state index contributed by atoms with van der Waals surface area (Å²) in [6.45, 7) is 1.86. The number of imidazole rings is 1. The summed E-state index contributed by atoms with van der Waals surface area (Å²) < 4.78 is 1.88. The summed E-state index contributed by atoms with van der Waals surface area (Å²) in [5.74, 6) is 0.497. The molecule has 30 heavy (non-hydrogen) atoms.